The zero-order valence-electron chi connectivity index (χ0n) is 9.66. The van der Waals surface area contributed by atoms with Crippen molar-refractivity contribution in [2.75, 3.05) is 7.11 Å². The highest BCUT2D eigenvalue weighted by molar-refractivity contribution is 5.68. The second-order valence-corrected chi connectivity index (χ2v) is 6.08. The van der Waals surface area contributed by atoms with E-state index in [-0.39, 0.29) is 11.6 Å². The first-order chi connectivity index (χ1) is 7.53. The molecule has 4 nitrogen and oxygen atoms in total. The molecular formula is C12H19NO3. The SMILES string of the molecule is COC(=O)NC12CC3CC(CC(O)(C3)C1)C2. The maximum atomic E-state index is 11.4. The fourth-order valence-corrected chi connectivity index (χ4v) is 4.63. The van der Waals surface area contributed by atoms with E-state index < -0.39 is 5.60 Å². The number of nitrogens with one attached hydrogen (secondary N) is 1. The fourth-order valence-electron chi connectivity index (χ4n) is 4.63. The van der Waals surface area contributed by atoms with Crippen LogP contribution in [0, 0.1) is 11.8 Å². The van der Waals surface area contributed by atoms with E-state index in [4.69, 9.17) is 4.74 Å². The Morgan fingerprint density at radius 1 is 1.31 bits per heavy atom. The lowest BCUT2D eigenvalue weighted by Crippen LogP contribution is -2.65. The molecule has 2 N–H and O–H groups in total. The summed E-state index contributed by atoms with van der Waals surface area (Å²) in [4.78, 5) is 11.4. The van der Waals surface area contributed by atoms with Crippen molar-refractivity contribution in [3.63, 3.8) is 0 Å². The molecule has 4 heteroatoms. The molecule has 0 aliphatic heterocycles. The quantitative estimate of drug-likeness (QED) is 0.709. The van der Waals surface area contributed by atoms with E-state index in [0.717, 1.165) is 25.7 Å². The summed E-state index contributed by atoms with van der Waals surface area (Å²) in [5.74, 6) is 1.17. The van der Waals surface area contributed by atoms with Crippen LogP contribution >= 0.6 is 0 Å². The molecule has 4 aliphatic carbocycles. The molecule has 4 fully saturated rings. The average Bonchev–Trinajstić information content (AvgIpc) is 2.12. The summed E-state index contributed by atoms with van der Waals surface area (Å²) in [6, 6.07) is 0. The highest BCUT2D eigenvalue weighted by Crippen LogP contribution is 2.57. The predicted molar refractivity (Wildman–Crippen MR) is 57.9 cm³/mol. The van der Waals surface area contributed by atoms with Gasteiger partial charge < -0.3 is 15.2 Å². The Morgan fingerprint density at radius 2 is 1.94 bits per heavy atom. The van der Waals surface area contributed by atoms with E-state index >= 15 is 0 Å². The number of ether oxygens (including phenoxy) is 1. The van der Waals surface area contributed by atoms with E-state index in [2.05, 4.69) is 5.32 Å². The van der Waals surface area contributed by atoms with Crippen molar-refractivity contribution in [2.45, 2.75) is 49.7 Å². The Hall–Kier alpha value is -0.770. The average molecular weight is 225 g/mol. The third-order valence-corrected chi connectivity index (χ3v) is 4.58. The standard InChI is InChI=1S/C12H19NO3/c1-16-10(14)13-11-3-8-2-9(4-11)6-12(15,5-8)7-11/h8-9,15H,2-7H2,1H3,(H,13,14). The topological polar surface area (TPSA) is 58.6 Å². The number of aliphatic hydroxyl groups is 1. The first-order valence-corrected chi connectivity index (χ1v) is 6.11. The zero-order valence-corrected chi connectivity index (χ0v) is 9.66. The number of carbonyl (C=O) groups excluding carboxylic acids is 1. The van der Waals surface area contributed by atoms with Gasteiger partial charge in [0.05, 0.1) is 12.7 Å². The number of alkyl carbamates (subject to hydrolysis) is 1. The van der Waals surface area contributed by atoms with Crippen LogP contribution in [-0.2, 0) is 4.74 Å². The zero-order chi connectivity index (χ0) is 11.4. The van der Waals surface area contributed by atoms with Gasteiger partial charge in [-0.2, -0.15) is 0 Å². The molecule has 4 aliphatic rings. The number of amides is 1. The Labute approximate surface area is 95.4 Å². The van der Waals surface area contributed by atoms with Gasteiger partial charge in [-0.3, -0.25) is 0 Å². The van der Waals surface area contributed by atoms with Crippen molar-refractivity contribution in [1.29, 1.82) is 0 Å². The first-order valence-electron chi connectivity index (χ1n) is 6.11. The fraction of sp³-hybridized carbons (Fsp3) is 0.917. The lowest BCUT2D eigenvalue weighted by Gasteiger charge is -2.60. The summed E-state index contributed by atoms with van der Waals surface area (Å²) in [6.45, 7) is 0. The van der Waals surface area contributed by atoms with Gasteiger partial charge in [0.1, 0.15) is 0 Å². The highest BCUT2D eigenvalue weighted by Gasteiger charge is 2.57. The van der Waals surface area contributed by atoms with E-state index in [0.29, 0.717) is 18.3 Å². The minimum absolute atomic E-state index is 0.189. The summed E-state index contributed by atoms with van der Waals surface area (Å²) < 4.78 is 4.69. The van der Waals surface area contributed by atoms with E-state index in [1.165, 1.54) is 13.5 Å². The van der Waals surface area contributed by atoms with Crippen molar-refractivity contribution < 1.29 is 14.6 Å². The number of hydrogen-bond acceptors (Lipinski definition) is 3. The van der Waals surface area contributed by atoms with E-state index in [1.807, 2.05) is 0 Å². The lowest BCUT2D eigenvalue weighted by atomic mass is 9.51. The van der Waals surface area contributed by atoms with Crippen LogP contribution in [0.3, 0.4) is 0 Å². The molecule has 0 saturated heterocycles. The molecule has 0 radical (unpaired) electrons. The van der Waals surface area contributed by atoms with Crippen LogP contribution in [0.25, 0.3) is 0 Å². The molecule has 0 aromatic carbocycles. The summed E-state index contributed by atoms with van der Waals surface area (Å²) in [7, 11) is 1.39. The maximum Gasteiger partial charge on any atom is 0.407 e. The maximum absolute atomic E-state index is 11.4. The molecule has 2 unspecified atom stereocenters. The third-order valence-electron chi connectivity index (χ3n) is 4.58. The van der Waals surface area contributed by atoms with Crippen LogP contribution in [0.5, 0.6) is 0 Å². The molecule has 4 saturated carbocycles. The van der Waals surface area contributed by atoms with Gasteiger partial charge in [-0.15, -0.1) is 0 Å². The minimum Gasteiger partial charge on any atom is -0.453 e. The minimum atomic E-state index is -0.523. The van der Waals surface area contributed by atoms with Gasteiger partial charge in [0.25, 0.3) is 0 Å². The van der Waals surface area contributed by atoms with Gasteiger partial charge in [-0.25, -0.2) is 4.79 Å². The van der Waals surface area contributed by atoms with Crippen molar-refractivity contribution >= 4 is 6.09 Å². The highest BCUT2D eigenvalue weighted by atomic mass is 16.5. The molecule has 90 valence electrons. The molecule has 0 spiro atoms. The molecular weight excluding hydrogens is 206 g/mol. The van der Waals surface area contributed by atoms with Crippen LogP contribution < -0.4 is 5.32 Å². The summed E-state index contributed by atoms with van der Waals surface area (Å²) in [5.41, 5.74) is -0.711. The molecule has 4 bridgehead atoms. The molecule has 1 amide bonds. The molecule has 4 rings (SSSR count). The normalized spacial score (nSPS) is 49.1. The molecule has 16 heavy (non-hydrogen) atoms. The van der Waals surface area contributed by atoms with Gasteiger partial charge >= 0.3 is 6.09 Å². The smallest absolute Gasteiger partial charge is 0.407 e. The van der Waals surface area contributed by atoms with Crippen LogP contribution in [0.4, 0.5) is 4.79 Å². The van der Waals surface area contributed by atoms with Crippen LogP contribution in [-0.4, -0.2) is 29.4 Å². The van der Waals surface area contributed by atoms with Crippen molar-refractivity contribution in [3.05, 3.63) is 0 Å². The molecule has 2 atom stereocenters. The molecule has 0 aromatic rings. The van der Waals surface area contributed by atoms with Crippen molar-refractivity contribution in [2.24, 2.45) is 11.8 Å². The van der Waals surface area contributed by atoms with Crippen LogP contribution in [0.15, 0.2) is 0 Å². The lowest BCUT2D eigenvalue weighted by molar-refractivity contribution is -0.140. The van der Waals surface area contributed by atoms with Crippen LogP contribution in [0.1, 0.15) is 38.5 Å². The number of carbonyl (C=O) groups is 1. The van der Waals surface area contributed by atoms with Gasteiger partial charge in [-0.1, -0.05) is 0 Å². The monoisotopic (exact) mass is 225 g/mol. The summed E-state index contributed by atoms with van der Waals surface area (Å²) >= 11 is 0. The summed E-state index contributed by atoms with van der Waals surface area (Å²) in [5, 5.41) is 13.4. The Bertz CT molecular complexity index is 314. The molecule has 0 heterocycles. The first kappa shape index (κ1) is 10.4. The van der Waals surface area contributed by atoms with Gasteiger partial charge in [0.2, 0.25) is 0 Å². The predicted octanol–water partition coefficient (Wildman–Crippen LogP) is 1.43. The Morgan fingerprint density at radius 3 is 2.44 bits per heavy atom. The number of methoxy groups -OCH3 is 1. The second-order valence-electron chi connectivity index (χ2n) is 6.08. The number of rotatable bonds is 1. The third kappa shape index (κ3) is 1.51. The van der Waals surface area contributed by atoms with Gasteiger partial charge in [-0.05, 0) is 50.4 Å². The molecule has 0 aromatic heterocycles. The van der Waals surface area contributed by atoms with Crippen molar-refractivity contribution in [1.82, 2.24) is 5.32 Å². The second kappa shape index (κ2) is 3.13. The van der Waals surface area contributed by atoms with Crippen LogP contribution in [0.2, 0.25) is 0 Å². The Balaban J connectivity index is 1.83. The van der Waals surface area contributed by atoms with E-state index in [9.17, 15) is 9.90 Å². The largest absolute Gasteiger partial charge is 0.453 e. The van der Waals surface area contributed by atoms with E-state index in [1.54, 1.807) is 0 Å². The van der Waals surface area contributed by atoms with Gasteiger partial charge in [0, 0.05) is 5.54 Å². The van der Waals surface area contributed by atoms with Crippen molar-refractivity contribution in [3.8, 4) is 0 Å². The number of hydrogen-bond donors (Lipinski definition) is 2. The Kier molecular flexibility index (Phi) is 2.03. The summed E-state index contributed by atoms with van der Waals surface area (Å²) in [6.07, 6.45) is 5.46. The van der Waals surface area contributed by atoms with Gasteiger partial charge in [0.15, 0.2) is 0 Å².